The summed E-state index contributed by atoms with van der Waals surface area (Å²) < 4.78 is 0. The summed E-state index contributed by atoms with van der Waals surface area (Å²) in [5.41, 5.74) is 2.16. The first-order valence-electron chi connectivity index (χ1n) is 8.90. The minimum absolute atomic E-state index is 0.188. The Kier molecular flexibility index (Phi) is 11.0. The highest BCUT2D eigenvalue weighted by Crippen LogP contribution is 2.15. The number of likely N-dealkylation sites (N-methyl/N-ethyl adjacent to an activating group) is 1. The smallest absolute Gasteiger partial charge is 0.165 e. The molecule has 1 rings (SSSR count). The monoisotopic (exact) mass is 345 g/mol. The van der Waals surface area contributed by atoms with Crippen molar-refractivity contribution in [3.63, 3.8) is 0 Å². The number of allylic oxidation sites excluding steroid dienone is 1. The van der Waals surface area contributed by atoms with E-state index in [9.17, 15) is 4.79 Å². The number of benzene rings is 1. The lowest BCUT2D eigenvalue weighted by molar-refractivity contribution is -0.118. The van der Waals surface area contributed by atoms with Gasteiger partial charge in [0.15, 0.2) is 5.78 Å². The molecule has 0 saturated carbocycles. The van der Waals surface area contributed by atoms with E-state index in [2.05, 4.69) is 22.3 Å². The molecule has 0 aliphatic carbocycles. The fraction of sp³-hybridized carbons (Fsp3) is 0.500. The van der Waals surface area contributed by atoms with Gasteiger partial charge in [-0.3, -0.25) is 9.69 Å². The highest BCUT2D eigenvalue weighted by atomic mass is 16.6. The third-order valence-corrected chi connectivity index (χ3v) is 3.80. The van der Waals surface area contributed by atoms with Crippen molar-refractivity contribution in [3.05, 3.63) is 42.1 Å². The minimum Gasteiger partial charge on any atom is -0.399 e. The van der Waals surface area contributed by atoms with Crippen molar-refractivity contribution in [1.82, 2.24) is 10.2 Å². The molecule has 1 aromatic rings. The van der Waals surface area contributed by atoms with Crippen LogP contribution in [0.4, 0.5) is 0 Å². The molecule has 0 saturated heterocycles. The molecule has 0 unspecified atom stereocenters. The lowest BCUT2D eigenvalue weighted by Gasteiger charge is -2.15. The lowest BCUT2D eigenvalue weighted by Crippen LogP contribution is -2.32. The SMILES string of the molecule is CCCCCN(C)CC(=O)CN/C=C(/C/C=N\OC)c1ccccc1. The number of unbranched alkanes of at least 4 members (excludes halogenated alkanes) is 2. The molecule has 0 spiro atoms. The van der Waals surface area contributed by atoms with Gasteiger partial charge in [-0.2, -0.15) is 0 Å². The van der Waals surface area contributed by atoms with Gasteiger partial charge in [-0.05, 0) is 31.1 Å². The normalized spacial score (nSPS) is 11.9. The third-order valence-electron chi connectivity index (χ3n) is 3.80. The molecule has 5 heteroatoms. The molecule has 5 nitrogen and oxygen atoms in total. The molecule has 1 N–H and O–H groups in total. The molecular weight excluding hydrogens is 314 g/mol. The van der Waals surface area contributed by atoms with Crippen LogP contribution in [0, 0.1) is 0 Å². The molecule has 0 aromatic heterocycles. The highest BCUT2D eigenvalue weighted by molar-refractivity contribution is 5.83. The van der Waals surface area contributed by atoms with Gasteiger partial charge in [0.25, 0.3) is 0 Å². The fourth-order valence-electron chi connectivity index (χ4n) is 2.48. The summed E-state index contributed by atoms with van der Waals surface area (Å²) in [5, 5.41) is 6.93. The van der Waals surface area contributed by atoms with Gasteiger partial charge in [-0.15, -0.1) is 0 Å². The number of Topliss-reactive ketones (excluding diaryl/α,β-unsaturated/α-hetero) is 1. The van der Waals surface area contributed by atoms with Gasteiger partial charge >= 0.3 is 0 Å². The van der Waals surface area contributed by atoms with Crippen LogP contribution in [0.25, 0.3) is 5.57 Å². The number of oxime groups is 1. The number of nitrogens with zero attached hydrogens (tertiary/aromatic N) is 2. The second kappa shape index (κ2) is 13.2. The molecule has 0 heterocycles. The van der Waals surface area contributed by atoms with Crippen LogP contribution in [-0.4, -0.2) is 50.7 Å². The zero-order chi connectivity index (χ0) is 18.3. The van der Waals surface area contributed by atoms with E-state index in [0.29, 0.717) is 19.5 Å². The number of carbonyl (C=O) groups is 1. The first-order chi connectivity index (χ1) is 12.2. The molecule has 138 valence electrons. The first kappa shape index (κ1) is 20.9. The minimum atomic E-state index is 0.188. The Morgan fingerprint density at radius 1 is 1.28 bits per heavy atom. The summed E-state index contributed by atoms with van der Waals surface area (Å²) in [6, 6.07) is 10.0. The Labute approximate surface area is 151 Å². The number of carbonyl (C=O) groups excluding carboxylic acids is 1. The summed E-state index contributed by atoms with van der Waals surface area (Å²) >= 11 is 0. The van der Waals surface area contributed by atoms with E-state index >= 15 is 0 Å². The lowest BCUT2D eigenvalue weighted by atomic mass is 10.0. The highest BCUT2D eigenvalue weighted by Gasteiger charge is 2.06. The molecule has 0 fully saturated rings. The van der Waals surface area contributed by atoms with Crippen molar-refractivity contribution in [2.45, 2.75) is 32.6 Å². The second-order valence-electron chi connectivity index (χ2n) is 6.07. The van der Waals surface area contributed by atoms with Crippen molar-refractivity contribution in [2.75, 3.05) is 33.8 Å². The first-order valence-corrected chi connectivity index (χ1v) is 8.90. The van der Waals surface area contributed by atoms with Gasteiger partial charge in [-0.25, -0.2) is 0 Å². The zero-order valence-corrected chi connectivity index (χ0v) is 15.7. The summed E-state index contributed by atoms with van der Waals surface area (Å²) in [6.07, 6.45) is 7.79. The van der Waals surface area contributed by atoms with Crippen LogP contribution in [-0.2, 0) is 9.63 Å². The number of ketones is 1. The van der Waals surface area contributed by atoms with Crippen LogP contribution in [0.1, 0.15) is 38.2 Å². The van der Waals surface area contributed by atoms with E-state index in [0.717, 1.165) is 24.1 Å². The quantitative estimate of drug-likeness (QED) is 0.338. The van der Waals surface area contributed by atoms with Crippen molar-refractivity contribution in [3.8, 4) is 0 Å². The largest absolute Gasteiger partial charge is 0.399 e. The Balaban J connectivity index is 2.50. The van der Waals surface area contributed by atoms with Gasteiger partial charge in [0.2, 0.25) is 0 Å². The number of hydrogen-bond acceptors (Lipinski definition) is 5. The second-order valence-corrected chi connectivity index (χ2v) is 6.07. The fourth-order valence-corrected chi connectivity index (χ4v) is 2.48. The Hall–Kier alpha value is -2.14. The van der Waals surface area contributed by atoms with E-state index in [1.54, 1.807) is 6.21 Å². The Bertz CT molecular complexity index is 541. The van der Waals surface area contributed by atoms with Gasteiger partial charge < -0.3 is 10.2 Å². The standard InChI is InChI=1S/C20H31N3O2/c1-4-5-9-14-23(2)17-20(24)16-21-15-19(12-13-22-25-3)18-10-7-6-8-11-18/h6-8,10-11,13,15,21H,4-5,9,12,14,16-17H2,1-3H3/b19-15-,22-13-. The maximum atomic E-state index is 12.1. The number of hydrogen-bond donors (Lipinski definition) is 1. The molecule has 25 heavy (non-hydrogen) atoms. The average Bonchev–Trinajstić information content (AvgIpc) is 2.61. The molecule has 0 bridgehead atoms. The molecule has 0 aliphatic heterocycles. The van der Waals surface area contributed by atoms with Crippen molar-refractivity contribution < 1.29 is 9.63 Å². The summed E-state index contributed by atoms with van der Waals surface area (Å²) in [6.45, 7) is 3.97. The topological polar surface area (TPSA) is 53.9 Å². The number of nitrogens with one attached hydrogen (secondary N) is 1. The van der Waals surface area contributed by atoms with Crippen LogP contribution in [0.15, 0.2) is 41.7 Å². The third kappa shape index (κ3) is 9.67. The van der Waals surface area contributed by atoms with Gasteiger partial charge in [0.05, 0.1) is 13.1 Å². The Morgan fingerprint density at radius 3 is 2.72 bits per heavy atom. The van der Waals surface area contributed by atoms with Crippen LogP contribution in [0.2, 0.25) is 0 Å². The van der Waals surface area contributed by atoms with Crippen LogP contribution in [0.3, 0.4) is 0 Å². The van der Waals surface area contributed by atoms with Crippen molar-refractivity contribution in [2.24, 2.45) is 5.16 Å². The average molecular weight is 345 g/mol. The summed E-state index contributed by atoms with van der Waals surface area (Å²) in [4.78, 5) is 18.9. The molecule has 0 aliphatic rings. The Morgan fingerprint density at radius 2 is 2.04 bits per heavy atom. The van der Waals surface area contributed by atoms with Crippen molar-refractivity contribution >= 4 is 17.6 Å². The summed E-state index contributed by atoms with van der Waals surface area (Å²) in [7, 11) is 3.52. The molecule has 0 atom stereocenters. The summed E-state index contributed by atoms with van der Waals surface area (Å²) in [5.74, 6) is 0.188. The van der Waals surface area contributed by atoms with Crippen molar-refractivity contribution in [1.29, 1.82) is 0 Å². The van der Waals surface area contributed by atoms with E-state index in [1.165, 1.54) is 20.0 Å². The predicted molar refractivity (Wildman–Crippen MR) is 105 cm³/mol. The van der Waals surface area contributed by atoms with E-state index in [-0.39, 0.29) is 5.78 Å². The molecule has 0 amide bonds. The predicted octanol–water partition coefficient (Wildman–Crippen LogP) is 3.33. The molecular formula is C20H31N3O2. The van der Waals surface area contributed by atoms with E-state index < -0.39 is 0 Å². The van der Waals surface area contributed by atoms with Gasteiger partial charge in [0.1, 0.15) is 7.11 Å². The van der Waals surface area contributed by atoms with Gasteiger partial charge in [-0.1, -0.05) is 55.3 Å². The van der Waals surface area contributed by atoms with E-state index in [1.807, 2.05) is 43.6 Å². The maximum Gasteiger partial charge on any atom is 0.165 e. The van der Waals surface area contributed by atoms with Crippen LogP contribution < -0.4 is 5.32 Å². The maximum absolute atomic E-state index is 12.1. The van der Waals surface area contributed by atoms with Crippen LogP contribution >= 0.6 is 0 Å². The van der Waals surface area contributed by atoms with Crippen LogP contribution in [0.5, 0.6) is 0 Å². The van der Waals surface area contributed by atoms with E-state index in [4.69, 9.17) is 4.84 Å². The molecule has 0 radical (unpaired) electrons. The van der Waals surface area contributed by atoms with Gasteiger partial charge in [0, 0.05) is 18.8 Å². The molecule has 1 aromatic carbocycles. The number of rotatable bonds is 13. The zero-order valence-electron chi connectivity index (χ0n) is 15.7.